The second kappa shape index (κ2) is 6.89. The molecule has 2 rings (SSSR count). The van der Waals surface area contributed by atoms with Gasteiger partial charge in [0.2, 0.25) is 0 Å². The summed E-state index contributed by atoms with van der Waals surface area (Å²) in [5, 5.41) is 1.57. The van der Waals surface area contributed by atoms with Crippen molar-refractivity contribution in [3.8, 4) is 0 Å². The van der Waals surface area contributed by atoms with E-state index in [2.05, 4.69) is 74.6 Å². The van der Waals surface area contributed by atoms with Crippen molar-refractivity contribution in [3.05, 3.63) is 65.7 Å². The highest BCUT2D eigenvalue weighted by molar-refractivity contribution is 6.89. The molecule has 106 valence electrons. The first-order chi connectivity index (χ1) is 9.62. The van der Waals surface area contributed by atoms with E-state index in [1.807, 2.05) is 0 Å². The summed E-state index contributed by atoms with van der Waals surface area (Å²) in [6, 6.07) is 21.6. The standard InChI is InChI=1S/C19H26Si/c1-4-5-9-17-12-14-19(15-13-17)20(2,3)16-18-10-7-6-8-11-18/h6-8,10-15H,4-5,9,16H2,1-3H3. The van der Waals surface area contributed by atoms with Crippen LogP contribution in [0.5, 0.6) is 0 Å². The molecule has 20 heavy (non-hydrogen) atoms. The fraction of sp³-hybridized carbons (Fsp3) is 0.368. The first-order valence-electron chi connectivity index (χ1n) is 7.75. The quantitative estimate of drug-likeness (QED) is 0.672. The molecule has 0 aliphatic rings. The first kappa shape index (κ1) is 15.1. The van der Waals surface area contributed by atoms with Gasteiger partial charge in [-0.15, -0.1) is 0 Å². The molecule has 0 radical (unpaired) electrons. The average Bonchev–Trinajstić information content (AvgIpc) is 2.46. The van der Waals surface area contributed by atoms with Crippen LogP contribution in [0.15, 0.2) is 54.6 Å². The smallest absolute Gasteiger partial charge is 0.0654 e. The Hall–Kier alpha value is -1.34. The predicted molar refractivity (Wildman–Crippen MR) is 92.3 cm³/mol. The van der Waals surface area contributed by atoms with E-state index < -0.39 is 8.07 Å². The zero-order chi connectivity index (χ0) is 14.4. The Morgan fingerprint density at radius 1 is 0.800 bits per heavy atom. The van der Waals surface area contributed by atoms with Gasteiger partial charge in [-0.1, -0.05) is 91.8 Å². The minimum absolute atomic E-state index is 1.22. The second-order valence-electron chi connectivity index (χ2n) is 6.35. The van der Waals surface area contributed by atoms with Crippen LogP contribution in [0.2, 0.25) is 13.1 Å². The monoisotopic (exact) mass is 282 g/mol. The maximum atomic E-state index is 2.47. The number of rotatable bonds is 6. The third kappa shape index (κ3) is 4.07. The van der Waals surface area contributed by atoms with Gasteiger partial charge < -0.3 is 0 Å². The molecule has 0 fully saturated rings. The maximum Gasteiger partial charge on any atom is 0.0849 e. The molecule has 0 unspecified atom stereocenters. The van der Waals surface area contributed by atoms with Gasteiger partial charge in [-0.05, 0) is 24.4 Å². The van der Waals surface area contributed by atoms with E-state index in [-0.39, 0.29) is 0 Å². The summed E-state index contributed by atoms with van der Waals surface area (Å²) in [6.07, 6.45) is 3.79. The van der Waals surface area contributed by atoms with Gasteiger partial charge in [-0.3, -0.25) is 0 Å². The molecular weight excluding hydrogens is 256 g/mol. The van der Waals surface area contributed by atoms with Crippen molar-refractivity contribution in [2.45, 2.75) is 45.3 Å². The zero-order valence-corrected chi connectivity index (χ0v) is 14.0. The molecule has 0 saturated carbocycles. The third-order valence-corrected chi connectivity index (χ3v) is 7.23. The Bertz CT molecular complexity index is 511. The van der Waals surface area contributed by atoms with Gasteiger partial charge in [-0.2, -0.15) is 0 Å². The molecule has 0 N–H and O–H groups in total. The van der Waals surface area contributed by atoms with E-state index in [1.54, 1.807) is 5.19 Å². The lowest BCUT2D eigenvalue weighted by molar-refractivity contribution is 0.795. The topological polar surface area (TPSA) is 0 Å². The normalized spacial score (nSPS) is 11.6. The van der Waals surface area contributed by atoms with E-state index >= 15 is 0 Å². The van der Waals surface area contributed by atoms with Gasteiger partial charge in [0.25, 0.3) is 0 Å². The van der Waals surface area contributed by atoms with Crippen molar-refractivity contribution < 1.29 is 0 Å². The highest BCUT2D eigenvalue weighted by Gasteiger charge is 2.23. The lowest BCUT2D eigenvalue weighted by Crippen LogP contribution is -2.43. The lowest BCUT2D eigenvalue weighted by Gasteiger charge is -2.23. The van der Waals surface area contributed by atoms with Crippen LogP contribution in [0.1, 0.15) is 30.9 Å². The van der Waals surface area contributed by atoms with Crippen LogP contribution >= 0.6 is 0 Å². The molecule has 0 aliphatic heterocycles. The molecule has 0 amide bonds. The summed E-state index contributed by atoms with van der Waals surface area (Å²) in [7, 11) is -1.37. The second-order valence-corrected chi connectivity index (χ2v) is 11.0. The molecule has 0 spiro atoms. The molecule has 2 aromatic carbocycles. The molecule has 0 saturated heterocycles. The van der Waals surface area contributed by atoms with Crippen LogP contribution in [0.4, 0.5) is 0 Å². The number of unbranched alkanes of at least 4 members (excludes halogenated alkanes) is 1. The van der Waals surface area contributed by atoms with E-state index in [4.69, 9.17) is 0 Å². The Kier molecular flexibility index (Phi) is 5.19. The highest BCUT2D eigenvalue weighted by atomic mass is 28.3. The molecule has 0 nitrogen and oxygen atoms in total. The Balaban J connectivity index is 2.09. The molecule has 0 heterocycles. The van der Waals surface area contributed by atoms with Crippen LogP contribution in [-0.2, 0) is 12.5 Å². The highest BCUT2D eigenvalue weighted by Crippen LogP contribution is 2.13. The van der Waals surface area contributed by atoms with Gasteiger partial charge in [0, 0.05) is 0 Å². The summed E-state index contributed by atoms with van der Waals surface area (Å²) in [5.41, 5.74) is 2.96. The van der Waals surface area contributed by atoms with Crippen LogP contribution in [0.25, 0.3) is 0 Å². The molecule has 0 bridgehead atoms. The van der Waals surface area contributed by atoms with Crippen LogP contribution in [0, 0.1) is 0 Å². The van der Waals surface area contributed by atoms with E-state index in [0.29, 0.717) is 0 Å². The number of benzene rings is 2. The maximum absolute atomic E-state index is 2.47. The third-order valence-electron chi connectivity index (χ3n) is 4.04. The van der Waals surface area contributed by atoms with Crippen molar-refractivity contribution in [1.82, 2.24) is 0 Å². The summed E-state index contributed by atoms with van der Waals surface area (Å²) >= 11 is 0. The summed E-state index contributed by atoms with van der Waals surface area (Å²) in [4.78, 5) is 0. The van der Waals surface area contributed by atoms with Gasteiger partial charge in [-0.25, -0.2) is 0 Å². The van der Waals surface area contributed by atoms with Crippen molar-refractivity contribution >= 4 is 13.3 Å². The SMILES string of the molecule is CCCCc1ccc([Si](C)(C)Cc2ccccc2)cc1. The van der Waals surface area contributed by atoms with Crippen molar-refractivity contribution in [1.29, 1.82) is 0 Å². The van der Waals surface area contributed by atoms with E-state index in [9.17, 15) is 0 Å². The summed E-state index contributed by atoms with van der Waals surface area (Å²) in [5.74, 6) is 0. The Labute approximate surface area is 124 Å². The Morgan fingerprint density at radius 2 is 1.45 bits per heavy atom. The van der Waals surface area contributed by atoms with Crippen LogP contribution in [-0.4, -0.2) is 8.07 Å². The molecule has 0 atom stereocenters. The largest absolute Gasteiger partial charge is 0.0849 e. The van der Waals surface area contributed by atoms with E-state index in [1.165, 1.54) is 36.4 Å². The average molecular weight is 283 g/mol. The van der Waals surface area contributed by atoms with Crippen molar-refractivity contribution in [3.63, 3.8) is 0 Å². The lowest BCUT2D eigenvalue weighted by atomic mass is 10.1. The molecule has 2 aromatic rings. The van der Waals surface area contributed by atoms with Gasteiger partial charge >= 0.3 is 0 Å². The minimum Gasteiger partial charge on any atom is -0.0654 e. The van der Waals surface area contributed by atoms with Gasteiger partial charge in [0.05, 0.1) is 8.07 Å². The van der Waals surface area contributed by atoms with Crippen molar-refractivity contribution in [2.24, 2.45) is 0 Å². The van der Waals surface area contributed by atoms with E-state index in [0.717, 1.165) is 0 Å². The molecule has 0 aliphatic carbocycles. The van der Waals surface area contributed by atoms with Gasteiger partial charge in [0.15, 0.2) is 0 Å². The fourth-order valence-electron chi connectivity index (χ4n) is 2.71. The number of hydrogen-bond donors (Lipinski definition) is 0. The van der Waals surface area contributed by atoms with Crippen LogP contribution in [0.3, 0.4) is 0 Å². The van der Waals surface area contributed by atoms with Gasteiger partial charge in [0.1, 0.15) is 0 Å². The predicted octanol–water partition coefficient (Wildman–Crippen LogP) is 4.73. The fourth-order valence-corrected chi connectivity index (χ4v) is 5.24. The number of hydrogen-bond acceptors (Lipinski definition) is 0. The van der Waals surface area contributed by atoms with Crippen molar-refractivity contribution in [2.75, 3.05) is 0 Å². The Morgan fingerprint density at radius 3 is 2.05 bits per heavy atom. The zero-order valence-electron chi connectivity index (χ0n) is 13.0. The molecule has 1 heteroatoms. The summed E-state index contributed by atoms with van der Waals surface area (Å²) in [6.45, 7) is 7.20. The number of aryl methyl sites for hydroxylation is 1. The minimum atomic E-state index is -1.37. The molecule has 0 aromatic heterocycles. The van der Waals surface area contributed by atoms with Crippen LogP contribution < -0.4 is 5.19 Å². The molecular formula is C19H26Si. The first-order valence-corrected chi connectivity index (χ1v) is 11.0. The summed E-state index contributed by atoms with van der Waals surface area (Å²) < 4.78 is 0.